The van der Waals surface area contributed by atoms with E-state index in [2.05, 4.69) is 20.3 Å². The highest BCUT2D eigenvalue weighted by Crippen LogP contribution is 2.32. The molecule has 0 radical (unpaired) electrons. The molecule has 0 aliphatic heterocycles. The summed E-state index contributed by atoms with van der Waals surface area (Å²) in [5.41, 5.74) is 0.397. The van der Waals surface area contributed by atoms with Gasteiger partial charge in [-0.15, -0.1) is 0 Å². The smallest absolute Gasteiger partial charge is 0.365 e. The summed E-state index contributed by atoms with van der Waals surface area (Å²) in [6.07, 6.45) is -0.803. The highest BCUT2D eigenvalue weighted by Gasteiger charge is 2.37. The summed E-state index contributed by atoms with van der Waals surface area (Å²) in [5, 5.41) is 2.97. The molecule has 0 bridgehead atoms. The maximum Gasteiger partial charge on any atom is 0.451 e. The first kappa shape index (κ1) is 15.7. The Kier molecular flexibility index (Phi) is 3.95. The Labute approximate surface area is 130 Å². The zero-order valence-electron chi connectivity index (χ0n) is 12.5. The molecule has 2 heterocycles. The molecular formula is C14H16F3N5O. The first-order chi connectivity index (χ1) is 10.9. The van der Waals surface area contributed by atoms with Gasteiger partial charge in [0.1, 0.15) is 11.3 Å². The predicted octanol–water partition coefficient (Wildman–Crippen LogP) is 2.79. The van der Waals surface area contributed by atoms with Gasteiger partial charge in [0.05, 0.1) is 6.33 Å². The Morgan fingerprint density at radius 3 is 2.74 bits per heavy atom. The molecule has 1 N–H and O–H groups in total. The van der Waals surface area contributed by atoms with Crippen LogP contribution in [0.5, 0.6) is 0 Å². The van der Waals surface area contributed by atoms with Crippen LogP contribution in [-0.2, 0) is 17.5 Å². The third-order valence-corrected chi connectivity index (χ3v) is 3.66. The fourth-order valence-corrected chi connectivity index (χ4v) is 2.18. The number of aromatic nitrogens is 4. The van der Waals surface area contributed by atoms with E-state index in [1.54, 1.807) is 6.92 Å². The molecule has 0 spiro atoms. The highest BCUT2D eigenvalue weighted by atomic mass is 19.4. The van der Waals surface area contributed by atoms with Crippen LogP contribution in [0.4, 0.5) is 19.0 Å². The van der Waals surface area contributed by atoms with E-state index in [4.69, 9.17) is 0 Å². The Hall–Kier alpha value is -2.19. The van der Waals surface area contributed by atoms with Gasteiger partial charge in [-0.25, -0.2) is 15.0 Å². The number of nitrogens with one attached hydrogen (secondary N) is 1. The number of alkyl halides is 3. The third kappa shape index (κ3) is 3.43. The molecule has 0 amide bonds. The summed E-state index contributed by atoms with van der Waals surface area (Å²) in [6.45, 7) is 2.00. The van der Waals surface area contributed by atoms with Gasteiger partial charge in [0.25, 0.3) is 0 Å². The molecule has 0 unspecified atom stereocenters. The van der Waals surface area contributed by atoms with Crippen molar-refractivity contribution >= 4 is 22.8 Å². The molecule has 1 aliphatic carbocycles. The second-order valence-electron chi connectivity index (χ2n) is 5.56. The monoisotopic (exact) mass is 327 g/mol. The average molecular weight is 327 g/mol. The van der Waals surface area contributed by atoms with Crippen molar-refractivity contribution in [2.24, 2.45) is 0 Å². The lowest BCUT2D eigenvalue weighted by Gasteiger charge is -2.10. The van der Waals surface area contributed by atoms with Crippen molar-refractivity contribution in [1.82, 2.24) is 19.5 Å². The summed E-state index contributed by atoms with van der Waals surface area (Å²) in [6, 6.07) is 0.140. The number of hydrogen-bond donors (Lipinski definition) is 1. The predicted molar refractivity (Wildman–Crippen MR) is 76.9 cm³/mol. The summed E-state index contributed by atoms with van der Waals surface area (Å²) >= 11 is 0. The fraction of sp³-hybridized carbons (Fsp3) is 0.571. The van der Waals surface area contributed by atoms with E-state index in [1.165, 1.54) is 10.9 Å². The van der Waals surface area contributed by atoms with Crippen molar-refractivity contribution in [2.75, 3.05) is 5.32 Å². The zero-order chi connectivity index (χ0) is 16.6. The van der Waals surface area contributed by atoms with E-state index in [0.29, 0.717) is 11.9 Å². The van der Waals surface area contributed by atoms with E-state index in [9.17, 15) is 18.0 Å². The van der Waals surface area contributed by atoms with Crippen LogP contribution in [0.3, 0.4) is 0 Å². The van der Waals surface area contributed by atoms with Crippen LogP contribution in [0, 0.1) is 0 Å². The summed E-state index contributed by atoms with van der Waals surface area (Å²) in [7, 11) is 0. The molecule has 0 saturated heterocycles. The summed E-state index contributed by atoms with van der Waals surface area (Å²) in [5.74, 6) is -1.06. The van der Waals surface area contributed by atoms with Gasteiger partial charge in [-0.2, -0.15) is 13.2 Å². The quantitative estimate of drug-likeness (QED) is 0.883. The van der Waals surface area contributed by atoms with Gasteiger partial charge in [-0.1, -0.05) is 6.92 Å². The maximum absolute atomic E-state index is 13.0. The van der Waals surface area contributed by atoms with Crippen molar-refractivity contribution in [3.8, 4) is 0 Å². The number of carbonyl (C=O) groups excluding carboxylic acids is 1. The fourth-order valence-electron chi connectivity index (χ4n) is 2.18. The lowest BCUT2D eigenvalue weighted by atomic mass is 10.2. The second kappa shape index (κ2) is 5.78. The molecule has 1 fully saturated rings. The molecule has 0 atom stereocenters. The minimum atomic E-state index is -4.64. The number of hydrogen-bond acceptors (Lipinski definition) is 5. The number of fused-ring (bicyclic) bond motifs is 1. The van der Waals surface area contributed by atoms with Crippen molar-refractivity contribution in [1.29, 1.82) is 0 Å². The van der Waals surface area contributed by atoms with Crippen molar-refractivity contribution < 1.29 is 18.0 Å². The van der Waals surface area contributed by atoms with Gasteiger partial charge < -0.3 is 9.88 Å². The molecule has 0 aromatic carbocycles. The first-order valence-electron chi connectivity index (χ1n) is 7.46. The first-order valence-corrected chi connectivity index (χ1v) is 7.46. The van der Waals surface area contributed by atoms with Crippen molar-refractivity contribution in [3.05, 3.63) is 12.2 Å². The van der Waals surface area contributed by atoms with E-state index in [1.807, 2.05) is 0 Å². The van der Waals surface area contributed by atoms with E-state index in [-0.39, 0.29) is 36.3 Å². The zero-order valence-corrected chi connectivity index (χ0v) is 12.5. The number of ketones is 1. The Morgan fingerprint density at radius 1 is 1.39 bits per heavy atom. The third-order valence-electron chi connectivity index (χ3n) is 3.66. The number of anilines is 1. The van der Waals surface area contributed by atoms with Crippen LogP contribution in [0.1, 0.15) is 38.4 Å². The molecule has 3 rings (SSSR count). The van der Waals surface area contributed by atoms with Crippen LogP contribution in [0.25, 0.3) is 11.2 Å². The minimum Gasteiger partial charge on any atom is -0.365 e. The highest BCUT2D eigenvalue weighted by molar-refractivity contribution is 5.83. The van der Waals surface area contributed by atoms with Crippen LogP contribution in [0.2, 0.25) is 0 Å². The normalized spacial score (nSPS) is 15.1. The average Bonchev–Trinajstić information content (AvgIpc) is 3.21. The number of rotatable bonds is 6. The van der Waals surface area contributed by atoms with Crippen LogP contribution in [0.15, 0.2) is 6.33 Å². The second-order valence-corrected chi connectivity index (χ2v) is 5.56. The van der Waals surface area contributed by atoms with Gasteiger partial charge in [0.15, 0.2) is 11.5 Å². The van der Waals surface area contributed by atoms with Crippen molar-refractivity contribution in [2.45, 2.75) is 51.4 Å². The van der Waals surface area contributed by atoms with Crippen molar-refractivity contribution in [3.63, 3.8) is 0 Å². The molecule has 2 aromatic heterocycles. The Morgan fingerprint density at radius 2 is 2.13 bits per heavy atom. The van der Waals surface area contributed by atoms with E-state index in [0.717, 1.165) is 12.8 Å². The molecular weight excluding hydrogens is 311 g/mol. The number of carbonyl (C=O) groups is 1. The van der Waals surface area contributed by atoms with Gasteiger partial charge in [-0.05, 0) is 12.8 Å². The Bertz CT molecular complexity index is 736. The molecule has 124 valence electrons. The number of halogens is 3. The summed E-state index contributed by atoms with van der Waals surface area (Å²) in [4.78, 5) is 22.8. The van der Waals surface area contributed by atoms with Gasteiger partial charge >= 0.3 is 6.18 Å². The molecule has 6 nitrogen and oxygen atoms in total. The summed E-state index contributed by atoms with van der Waals surface area (Å²) < 4.78 is 40.5. The minimum absolute atomic E-state index is 0.0354. The maximum atomic E-state index is 13.0. The number of imidazole rings is 1. The van der Waals surface area contributed by atoms with E-state index >= 15 is 0 Å². The van der Waals surface area contributed by atoms with Gasteiger partial charge in [-0.3, -0.25) is 4.79 Å². The Balaban J connectivity index is 2.00. The standard InChI is InChI=1S/C14H16F3N5O/c1-2-9(23)5-6-22-7-18-10-11(19-8-3-4-8)20-13(14(15,16)17)21-12(10)22/h7-8H,2-6H2,1H3,(H,19,20,21). The number of aryl methyl sites for hydroxylation is 1. The van der Waals surface area contributed by atoms with Gasteiger partial charge in [0, 0.05) is 25.4 Å². The van der Waals surface area contributed by atoms with Crippen LogP contribution < -0.4 is 5.32 Å². The van der Waals surface area contributed by atoms with Gasteiger partial charge in [0.2, 0.25) is 5.82 Å². The lowest BCUT2D eigenvalue weighted by molar-refractivity contribution is -0.144. The molecule has 23 heavy (non-hydrogen) atoms. The SMILES string of the molecule is CCC(=O)CCn1cnc2c(NC3CC3)nc(C(F)(F)F)nc21. The molecule has 2 aromatic rings. The van der Waals surface area contributed by atoms with Crippen LogP contribution >= 0.6 is 0 Å². The van der Waals surface area contributed by atoms with E-state index < -0.39 is 12.0 Å². The number of Topliss-reactive ketones (excluding diaryl/α,β-unsaturated/α-hetero) is 1. The lowest BCUT2D eigenvalue weighted by Crippen LogP contribution is -2.15. The molecule has 1 saturated carbocycles. The van der Waals surface area contributed by atoms with Crippen LogP contribution in [-0.4, -0.2) is 31.3 Å². The topological polar surface area (TPSA) is 72.7 Å². The number of nitrogens with zero attached hydrogens (tertiary/aromatic N) is 4. The molecule has 9 heteroatoms. The molecule has 1 aliphatic rings. The largest absolute Gasteiger partial charge is 0.451 e.